The minimum absolute atomic E-state index is 0. The van der Waals surface area contributed by atoms with E-state index in [1.807, 2.05) is 18.5 Å². The first-order valence-electron chi connectivity index (χ1n) is 8.98. The highest BCUT2D eigenvalue weighted by Gasteiger charge is 2.41. The fourth-order valence-electron chi connectivity index (χ4n) is 3.75. The standard InChI is InChI=1S/C19H25N5O.HI/c1-20-19(23-16-11-15-7-8-17(16)25-15)22-12-18-21-9-10-24(18)13-14-5-3-2-4-6-14;/h2-6,9-10,15-17H,7-8,11-13H2,1H3,(H2,20,22,23);1H. The van der Waals surface area contributed by atoms with E-state index >= 15 is 0 Å². The minimum atomic E-state index is 0. The minimum Gasteiger partial charge on any atom is -0.373 e. The Morgan fingerprint density at radius 3 is 2.85 bits per heavy atom. The van der Waals surface area contributed by atoms with Crippen LogP contribution in [0.25, 0.3) is 0 Å². The molecule has 2 N–H and O–H groups in total. The van der Waals surface area contributed by atoms with Gasteiger partial charge in [0.2, 0.25) is 0 Å². The number of hydrogen-bond donors (Lipinski definition) is 2. The number of aliphatic imine (C=N–C) groups is 1. The number of fused-ring (bicyclic) bond motifs is 2. The molecule has 3 unspecified atom stereocenters. The van der Waals surface area contributed by atoms with Gasteiger partial charge >= 0.3 is 0 Å². The number of rotatable bonds is 5. The van der Waals surface area contributed by atoms with Gasteiger partial charge in [0.1, 0.15) is 5.82 Å². The van der Waals surface area contributed by atoms with E-state index in [-0.39, 0.29) is 24.0 Å². The molecule has 140 valence electrons. The second kappa shape index (κ2) is 8.85. The smallest absolute Gasteiger partial charge is 0.191 e. The highest BCUT2D eigenvalue weighted by Crippen LogP contribution is 2.34. The van der Waals surface area contributed by atoms with Crippen LogP contribution < -0.4 is 10.6 Å². The topological polar surface area (TPSA) is 63.5 Å². The van der Waals surface area contributed by atoms with Gasteiger partial charge in [0.05, 0.1) is 24.8 Å². The molecule has 0 radical (unpaired) electrons. The van der Waals surface area contributed by atoms with Gasteiger partial charge in [-0.25, -0.2) is 4.98 Å². The predicted molar refractivity (Wildman–Crippen MR) is 113 cm³/mol. The molecule has 2 saturated heterocycles. The molecule has 3 heterocycles. The maximum Gasteiger partial charge on any atom is 0.191 e. The fourth-order valence-corrected chi connectivity index (χ4v) is 3.75. The molecule has 0 amide bonds. The summed E-state index contributed by atoms with van der Waals surface area (Å²) in [6.45, 7) is 1.46. The first-order valence-corrected chi connectivity index (χ1v) is 8.98. The predicted octanol–water partition coefficient (Wildman–Crippen LogP) is 2.53. The molecule has 7 heteroatoms. The van der Waals surface area contributed by atoms with Crippen molar-refractivity contribution in [3.05, 3.63) is 54.1 Å². The Bertz CT molecular complexity index is 733. The van der Waals surface area contributed by atoms with Crippen LogP contribution in [-0.2, 0) is 17.8 Å². The maximum absolute atomic E-state index is 5.90. The maximum atomic E-state index is 5.90. The number of ether oxygens (including phenoxy) is 1. The van der Waals surface area contributed by atoms with E-state index in [1.165, 1.54) is 12.0 Å². The van der Waals surface area contributed by atoms with Crippen LogP contribution in [0.2, 0.25) is 0 Å². The van der Waals surface area contributed by atoms with Crippen LogP contribution in [0.5, 0.6) is 0 Å². The van der Waals surface area contributed by atoms with Crippen LogP contribution in [0.4, 0.5) is 0 Å². The SMILES string of the molecule is CN=C(NCc1nccn1Cc1ccccc1)NC1CC2CCC1O2.I. The van der Waals surface area contributed by atoms with Gasteiger partial charge in [-0.15, -0.1) is 24.0 Å². The van der Waals surface area contributed by atoms with E-state index in [4.69, 9.17) is 4.74 Å². The van der Waals surface area contributed by atoms with Crippen LogP contribution in [0.15, 0.2) is 47.7 Å². The average molecular weight is 467 g/mol. The number of nitrogens with zero attached hydrogens (tertiary/aromatic N) is 3. The molecule has 6 nitrogen and oxygen atoms in total. The van der Waals surface area contributed by atoms with E-state index < -0.39 is 0 Å². The summed E-state index contributed by atoms with van der Waals surface area (Å²) in [7, 11) is 1.81. The third-order valence-electron chi connectivity index (χ3n) is 5.06. The zero-order valence-electron chi connectivity index (χ0n) is 15.0. The summed E-state index contributed by atoms with van der Waals surface area (Å²) in [6, 6.07) is 10.8. The van der Waals surface area contributed by atoms with Gasteiger partial charge in [0.25, 0.3) is 0 Å². The number of aromatic nitrogens is 2. The summed E-state index contributed by atoms with van der Waals surface area (Å²) in [5, 5.41) is 6.89. The Kier molecular flexibility index (Phi) is 6.53. The Morgan fingerprint density at radius 1 is 1.31 bits per heavy atom. The van der Waals surface area contributed by atoms with Crippen molar-refractivity contribution in [2.24, 2.45) is 4.99 Å². The van der Waals surface area contributed by atoms with Crippen molar-refractivity contribution in [1.29, 1.82) is 0 Å². The van der Waals surface area contributed by atoms with Crippen molar-refractivity contribution < 1.29 is 4.74 Å². The summed E-state index contributed by atoms with van der Waals surface area (Å²) in [4.78, 5) is 8.83. The van der Waals surface area contributed by atoms with Crippen LogP contribution in [0.3, 0.4) is 0 Å². The number of guanidine groups is 1. The van der Waals surface area contributed by atoms with Crippen LogP contribution in [0, 0.1) is 0 Å². The van der Waals surface area contributed by atoms with Gasteiger partial charge in [-0.3, -0.25) is 4.99 Å². The Morgan fingerprint density at radius 2 is 2.15 bits per heavy atom. The highest BCUT2D eigenvalue weighted by atomic mass is 127. The summed E-state index contributed by atoms with van der Waals surface area (Å²) < 4.78 is 8.07. The highest BCUT2D eigenvalue weighted by molar-refractivity contribution is 14.0. The monoisotopic (exact) mass is 467 g/mol. The first-order chi connectivity index (χ1) is 12.3. The molecule has 0 aliphatic carbocycles. The van der Waals surface area contributed by atoms with Crippen molar-refractivity contribution in [1.82, 2.24) is 20.2 Å². The molecule has 0 spiro atoms. The van der Waals surface area contributed by atoms with E-state index in [9.17, 15) is 0 Å². The van der Waals surface area contributed by atoms with Crippen molar-refractivity contribution in [3.8, 4) is 0 Å². The number of imidazole rings is 1. The lowest BCUT2D eigenvalue weighted by atomic mass is 9.96. The molecule has 1 aromatic heterocycles. The molecule has 26 heavy (non-hydrogen) atoms. The van der Waals surface area contributed by atoms with Crippen molar-refractivity contribution >= 4 is 29.9 Å². The molecule has 2 aromatic rings. The zero-order valence-corrected chi connectivity index (χ0v) is 17.3. The Labute approximate surface area is 171 Å². The van der Waals surface area contributed by atoms with Gasteiger partial charge < -0.3 is 19.9 Å². The number of hydrogen-bond acceptors (Lipinski definition) is 3. The lowest BCUT2D eigenvalue weighted by Crippen LogP contribution is -2.47. The Hall–Kier alpha value is -1.61. The van der Waals surface area contributed by atoms with Crippen molar-refractivity contribution in [2.45, 2.75) is 50.6 Å². The van der Waals surface area contributed by atoms with E-state index in [0.717, 1.165) is 31.2 Å². The molecule has 1 aromatic carbocycles. The lowest BCUT2D eigenvalue weighted by Gasteiger charge is -2.22. The zero-order chi connectivity index (χ0) is 17.1. The molecule has 4 rings (SSSR count). The molecular formula is C19H26IN5O. The summed E-state index contributed by atoms with van der Waals surface area (Å²) >= 11 is 0. The molecule has 2 aliphatic heterocycles. The van der Waals surface area contributed by atoms with Gasteiger partial charge in [-0.1, -0.05) is 30.3 Å². The van der Waals surface area contributed by atoms with Gasteiger partial charge in [-0.2, -0.15) is 0 Å². The fraction of sp³-hybridized carbons (Fsp3) is 0.474. The normalized spacial score (nSPS) is 24.3. The number of benzene rings is 1. The molecule has 2 bridgehead atoms. The second-order valence-electron chi connectivity index (χ2n) is 6.74. The molecule has 2 aliphatic rings. The van der Waals surface area contributed by atoms with Gasteiger partial charge in [-0.05, 0) is 24.8 Å². The molecule has 3 atom stereocenters. The summed E-state index contributed by atoms with van der Waals surface area (Å²) in [5.41, 5.74) is 1.27. The van der Waals surface area contributed by atoms with Crippen LogP contribution in [0.1, 0.15) is 30.7 Å². The van der Waals surface area contributed by atoms with Crippen LogP contribution >= 0.6 is 24.0 Å². The van der Waals surface area contributed by atoms with Gasteiger partial charge in [0, 0.05) is 26.0 Å². The quantitative estimate of drug-likeness (QED) is 0.403. The van der Waals surface area contributed by atoms with Crippen molar-refractivity contribution in [2.75, 3.05) is 7.05 Å². The number of nitrogens with one attached hydrogen (secondary N) is 2. The first kappa shape index (κ1) is 19.2. The number of halogens is 1. The Balaban J connectivity index is 0.00000196. The lowest BCUT2D eigenvalue weighted by molar-refractivity contribution is 0.0992. The molecular weight excluding hydrogens is 441 g/mol. The van der Waals surface area contributed by atoms with Crippen LogP contribution in [-0.4, -0.2) is 40.8 Å². The molecule has 2 fully saturated rings. The van der Waals surface area contributed by atoms with Gasteiger partial charge in [0.15, 0.2) is 5.96 Å². The molecule has 0 saturated carbocycles. The van der Waals surface area contributed by atoms with E-state index in [2.05, 4.69) is 49.4 Å². The second-order valence-corrected chi connectivity index (χ2v) is 6.74. The summed E-state index contributed by atoms with van der Waals surface area (Å²) in [6.07, 6.45) is 8.07. The third kappa shape index (κ3) is 4.37. The largest absolute Gasteiger partial charge is 0.373 e. The van der Waals surface area contributed by atoms with Crippen molar-refractivity contribution in [3.63, 3.8) is 0 Å². The van der Waals surface area contributed by atoms with E-state index in [1.54, 1.807) is 7.05 Å². The third-order valence-corrected chi connectivity index (χ3v) is 5.06. The summed E-state index contributed by atoms with van der Waals surface area (Å²) in [5.74, 6) is 1.81. The average Bonchev–Trinajstić information content (AvgIpc) is 3.37. The van der Waals surface area contributed by atoms with E-state index in [0.29, 0.717) is 24.8 Å².